The lowest BCUT2D eigenvalue weighted by Gasteiger charge is -2.24. The summed E-state index contributed by atoms with van der Waals surface area (Å²) in [6.07, 6.45) is 3.19. The molecule has 21 heavy (non-hydrogen) atoms. The lowest BCUT2D eigenvalue weighted by molar-refractivity contribution is -0.384. The molecule has 1 N–H and O–H groups in total. The molecule has 1 aromatic carbocycles. The molecule has 1 saturated heterocycles. The number of nitro groups is 1. The average molecular weight is 313 g/mol. The maximum absolute atomic E-state index is 12.5. The molecule has 0 aromatic heterocycles. The molecule has 0 spiro atoms. The maximum Gasteiger partial charge on any atom is 0.271 e. The fourth-order valence-corrected chi connectivity index (χ4v) is 2.93. The number of nitro benzene ring substituents is 1. The van der Waals surface area contributed by atoms with E-state index >= 15 is 0 Å². The van der Waals surface area contributed by atoms with Gasteiger partial charge in [0.05, 0.1) is 4.92 Å². The number of non-ortho nitro benzene ring substituents is 1. The van der Waals surface area contributed by atoms with Crippen molar-refractivity contribution < 1.29 is 14.8 Å². The molecule has 0 saturated carbocycles. The predicted octanol–water partition coefficient (Wildman–Crippen LogP) is 2.63. The number of likely N-dealkylation sites (tertiary alicyclic amines) is 1. The molecule has 6 nitrogen and oxygen atoms in total. The Morgan fingerprint density at radius 3 is 2.90 bits per heavy atom. The van der Waals surface area contributed by atoms with E-state index in [1.165, 1.54) is 18.2 Å². The Hall–Kier alpha value is -1.66. The number of hydrogen-bond acceptors (Lipinski definition) is 4. The van der Waals surface area contributed by atoms with Crippen molar-refractivity contribution in [1.29, 1.82) is 0 Å². The summed E-state index contributed by atoms with van der Waals surface area (Å²) in [5.74, 6) is -0.235. The molecule has 1 amide bonds. The maximum atomic E-state index is 12.5. The monoisotopic (exact) mass is 312 g/mol. The van der Waals surface area contributed by atoms with Crippen molar-refractivity contribution in [2.75, 3.05) is 13.2 Å². The minimum absolute atomic E-state index is 0.0858. The quantitative estimate of drug-likeness (QED) is 0.669. The first-order valence-corrected chi connectivity index (χ1v) is 7.27. The van der Waals surface area contributed by atoms with Gasteiger partial charge >= 0.3 is 0 Å². The molecule has 1 aliphatic heterocycles. The van der Waals surface area contributed by atoms with Gasteiger partial charge < -0.3 is 10.0 Å². The first kappa shape index (κ1) is 15.7. The topological polar surface area (TPSA) is 83.7 Å². The second kappa shape index (κ2) is 6.87. The Kier molecular flexibility index (Phi) is 5.14. The zero-order valence-electron chi connectivity index (χ0n) is 11.5. The average Bonchev–Trinajstić information content (AvgIpc) is 2.91. The van der Waals surface area contributed by atoms with Gasteiger partial charge in [-0.3, -0.25) is 14.9 Å². The van der Waals surface area contributed by atoms with Gasteiger partial charge in [0.25, 0.3) is 11.6 Å². The van der Waals surface area contributed by atoms with Crippen molar-refractivity contribution in [2.45, 2.75) is 31.7 Å². The predicted molar refractivity (Wildman–Crippen MR) is 78.5 cm³/mol. The highest BCUT2D eigenvalue weighted by Gasteiger charge is 2.29. The SMILES string of the molecule is O=C(c1cc(Cl)cc([N+](=O)[O-])c1)N1CCCC1CCCO. The number of hydrogen-bond donors (Lipinski definition) is 1. The second-order valence-electron chi connectivity index (χ2n) is 5.12. The Morgan fingerprint density at radius 2 is 2.24 bits per heavy atom. The molecule has 1 heterocycles. The standard InChI is InChI=1S/C14H17ClN2O4/c15-11-7-10(8-13(9-11)17(20)21)14(19)16-5-1-3-12(16)4-2-6-18/h7-9,12,18H,1-6H2. The number of aliphatic hydroxyl groups excluding tert-OH is 1. The van der Waals surface area contributed by atoms with Gasteiger partial charge in [-0.05, 0) is 31.7 Å². The third-order valence-electron chi connectivity index (χ3n) is 3.67. The first-order chi connectivity index (χ1) is 10.0. The Bertz CT molecular complexity index is 550. The van der Waals surface area contributed by atoms with E-state index in [0.29, 0.717) is 13.0 Å². The van der Waals surface area contributed by atoms with Gasteiger partial charge in [-0.1, -0.05) is 11.6 Å². The molecule has 2 rings (SSSR count). The van der Waals surface area contributed by atoms with Gasteiger partial charge in [-0.25, -0.2) is 0 Å². The van der Waals surface area contributed by atoms with Crippen molar-refractivity contribution >= 4 is 23.2 Å². The summed E-state index contributed by atoms with van der Waals surface area (Å²) in [5, 5.41) is 19.9. The molecule has 7 heteroatoms. The third-order valence-corrected chi connectivity index (χ3v) is 3.89. The van der Waals surface area contributed by atoms with E-state index in [9.17, 15) is 14.9 Å². The normalized spacial score (nSPS) is 18.0. The summed E-state index contributed by atoms with van der Waals surface area (Å²) in [6, 6.07) is 4.03. The minimum Gasteiger partial charge on any atom is -0.396 e. The van der Waals surface area contributed by atoms with E-state index in [1.807, 2.05) is 0 Å². The Labute approximate surface area is 127 Å². The fraction of sp³-hybridized carbons (Fsp3) is 0.500. The van der Waals surface area contributed by atoms with Crippen LogP contribution in [0.3, 0.4) is 0 Å². The summed E-state index contributed by atoms with van der Waals surface area (Å²) in [4.78, 5) is 24.5. The molecular formula is C14H17ClN2O4. The lowest BCUT2D eigenvalue weighted by Crippen LogP contribution is -2.35. The fourth-order valence-electron chi connectivity index (χ4n) is 2.70. The van der Waals surface area contributed by atoms with Gasteiger partial charge in [-0.2, -0.15) is 0 Å². The van der Waals surface area contributed by atoms with Crippen molar-refractivity contribution in [1.82, 2.24) is 4.90 Å². The van der Waals surface area contributed by atoms with Crippen LogP contribution in [-0.2, 0) is 0 Å². The smallest absolute Gasteiger partial charge is 0.271 e. The van der Waals surface area contributed by atoms with Crippen LogP contribution in [0.2, 0.25) is 5.02 Å². The number of amides is 1. The number of nitrogens with zero attached hydrogens (tertiary/aromatic N) is 2. The van der Waals surface area contributed by atoms with Crippen LogP contribution in [-0.4, -0.2) is 40.0 Å². The van der Waals surface area contributed by atoms with Crippen molar-refractivity contribution in [3.05, 3.63) is 38.9 Å². The van der Waals surface area contributed by atoms with Gasteiger partial charge in [0.1, 0.15) is 0 Å². The van der Waals surface area contributed by atoms with E-state index in [2.05, 4.69) is 0 Å². The molecular weight excluding hydrogens is 296 g/mol. The molecule has 0 radical (unpaired) electrons. The lowest BCUT2D eigenvalue weighted by atomic mass is 10.1. The summed E-state index contributed by atoms with van der Waals surface area (Å²) in [7, 11) is 0. The number of rotatable bonds is 5. The van der Waals surface area contributed by atoms with Crippen LogP contribution < -0.4 is 0 Å². The molecule has 1 unspecified atom stereocenters. The van der Waals surface area contributed by atoms with Crippen molar-refractivity contribution in [3.63, 3.8) is 0 Å². The van der Waals surface area contributed by atoms with E-state index in [-0.39, 0.29) is 34.8 Å². The first-order valence-electron chi connectivity index (χ1n) is 6.89. The molecule has 1 aliphatic rings. The van der Waals surface area contributed by atoms with E-state index < -0.39 is 4.92 Å². The number of carbonyl (C=O) groups is 1. The number of benzene rings is 1. The highest BCUT2D eigenvalue weighted by molar-refractivity contribution is 6.31. The molecule has 114 valence electrons. The zero-order chi connectivity index (χ0) is 15.4. The van der Waals surface area contributed by atoms with E-state index in [0.717, 1.165) is 19.3 Å². The van der Waals surface area contributed by atoms with Gasteiger partial charge in [-0.15, -0.1) is 0 Å². The summed E-state index contributed by atoms with van der Waals surface area (Å²) in [5.41, 5.74) is 0.0575. The van der Waals surface area contributed by atoms with Crippen LogP contribution in [0.1, 0.15) is 36.0 Å². The van der Waals surface area contributed by atoms with E-state index in [1.54, 1.807) is 4.90 Å². The highest BCUT2D eigenvalue weighted by Crippen LogP contribution is 2.26. The van der Waals surface area contributed by atoms with Crippen LogP contribution >= 0.6 is 11.6 Å². The summed E-state index contributed by atoms with van der Waals surface area (Å²) in [6.45, 7) is 0.733. The van der Waals surface area contributed by atoms with Gasteiger partial charge in [0.2, 0.25) is 0 Å². The second-order valence-corrected chi connectivity index (χ2v) is 5.55. The number of aliphatic hydroxyl groups is 1. The molecule has 1 atom stereocenters. The summed E-state index contributed by atoms with van der Waals surface area (Å²) < 4.78 is 0. The minimum atomic E-state index is -0.560. The molecule has 1 aromatic rings. The van der Waals surface area contributed by atoms with Crippen LogP contribution in [0.5, 0.6) is 0 Å². The largest absolute Gasteiger partial charge is 0.396 e. The zero-order valence-corrected chi connectivity index (χ0v) is 12.3. The molecule has 0 aliphatic carbocycles. The van der Waals surface area contributed by atoms with E-state index in [4.69, 9.17) is 16.7 Å². The molecule has 1 fully saturated rings. The van der Waals surface area contributed by atoms with Crippen LogP contribution in [0, 0.1) is 10.1 Å². The van der Waals surface area contributed by atoms with Crippen LogP contribution in [0.4, 0.5) is 5.69 Å². The number of halogens is 1. The van der Waals surface area contributed by atoms with Crippen LogP contribution in [0.15, 0.2) is 18.2 Å². The summed E-state index contributed by atoms with van der Waals surface area (Å²) >= 11 is 5.86. The molecule has 0 bridgehead atoms. The van der Waals surface area contributed by atoms with Gasteiger partial charge in [0, 0.05) is 41.9 Å². The number of carbonyl (C=O) groups excluding carboxylic acids is 1. The Balaban J connectivity index is 2.21. The van der Waals surface area contributed by atoms with Crippen LogP contribution in [0.25, 0.3) is 0 Å². The van der Waals surface area contributed by atoms with Crippen molar-refractivity contribution in [3.8, 4) is 0 Å². The third kappa shape index (κ3) is 3.71. The highest BCUT2D eigenvalue weighted by atomic mass is 35.5. The van der Waals surface area contributed by atoms with Gasteiger partial charge in [0.15, 0.2) is 0 Å². The Morgan fingerprint density at radius 1 is 1.48 bits per heavy atom. The van der Waals surface area contributed by atoms with Crippen molar-refractivity contribution in [2.24, 2.45) is 0 Å².